The lowest BCUT2D eigenvalue weighted by Gasteiger charge is -2.35. The Bertz CT molecular complexity index is 875. The maximum Gasteiger partial charge on any atom is 0.296 e. The van der Waals surface area contributed by atoms with Crippen LogP contribution in [0.5, 0.6) is 0 Å². The van der Waals surface area contributed by atoms with Crippen molar-refractivity contribution in [3.8, 4) is 0 Å². The lowest BCUT2D eigenvalue weighted by molar-refractivity contribution is -0.123. The van der Waals surface area contributed by atoms with Gasteiger partial charge in [0.1, 0.15) is 0 Å². The number of halogens is 1. The molecule has 6 nitrogen and oxygen atoms in total. The highest BCUT2D eigenvalue weighted by atomic mass is 35.5. The van der Waals surface area contributed by atoms with Crippen LogP contribution >= 0.6 is 11.6 Å². The van der Waals surface area contributed by atoms with Crippen LogP contribution in [0.4, 0.5) is 0 Å². The molecule has 1 atom stereocenters. The third kappa shape index (κ3) is 3.66. The first-order valence-corrected chi connectivity index (χ1v) is 9.13. The monoisotopic (exact) mass is 383 g/mol. The Hall–Kier alpha value is -2.86. The van der Waals surface area contributed by atoms with Crippen molar-refractivity contribution in [2.45, 2.75) is 6.10 Å². The predicted molar refractivity (Wildman–Crippen MR) is 102 cm³/mol. The number of piperazine rings is 1. The molecule has 138 valence electrons. The fourth-order valence-electron chi connectivity index (χ4n) is 3.19. The van der Waals surface area contributed by atoms with E-state index in [1.165, 1.54) is 0 Å². The standard InChI is InChI=1S/C20H18ClN3O3/c21-16-8-6-15(7-9-16)19(26)23-10-12-24(13-11-23)20-22-18(25)17(27-20)14-4-2-1-3-5-14/h1-9,17H,10-13H2. The van der Waals surface area contributed by atoms with E-state index < -0.39 is 6.10 Å². The van der Waals surface area contributed by atoms with Gasteiger partial charge in [0.05, 0.1) is 0 Å². The molecule has 0 radical (unpaired) electrons. The van der Waals surface area contributed by atoms with Gasteiger partial charge in [-0.15, -0.1) is 0 Å². The molecule has 0 saturated carbocycles. The van der Waals surface area contributed by atoms with E-state index in [1.807, 2.05) is 35.2 Å². The van der Waals surface area contributed by atoms with E-state index in [0.29, 0.717) is 42.8 Å². The normalized spacial score (nSPS) is 19.7. The van der Waals surface area contributed by atoms with Gasteiger partial charge < -0.3 is 14.5 Å². The zero-order valence-corrected chi connectivity index (χ0v) is 15.3. The van der Waals surface area contributed by atoms with Crippen molar-refractivity contribution in [1.82, 2.24) is 9.80 Å². The molecule has 2 aliphatic rings. The summed E-state index contributed by atoms with van der Waals surface area (Å²) >= 11 is 5.88. The number of ether oxygens (including phenoxy) is 1. The van der Waals surface area contributed by atoms with Gasteiger partial charge in [0.2, 0.25) is 6.10 Å². The Kier molecular flexibility index (Phi) is 4.81. The molecule has 0 bridgehead atoms. The first-order chi connectivity index (χ1) is 13.1. The van der Waals surface area contributed by atoms with Gasteiger partial charge in [-0.25, -0.2) is 0 Å². The van der Waals surface area contributed by atoms with Crippen LogP contribution in [0.2, 0.25) is 5.02 Å². The van der Waals surface area contributed by atoms with Gasteiger partial charge in [0, 0.05) is 42.3 Å². The van der Waals surface area contributed by atoms with E-state index in [0.717, 1.165) is 5.56 Å². The zero-order chi connectivity index (χ0) is 18.8. The quantitative estimate of drug-likeness (QED) is 0.800. The lowest BCUT2D eigenvalue weighted by Crippen LogP contribution is -2.50. The van der Waals surface area contributed by atoms with Crippen LogP contribution in [-0.2, 0) is 9.53 Å². The predicted octanol–water partition coefficient (Wildman–Crippen LogP) is 2.75. The molecule has 2 aromatic carbocycles. The minimum absolute atomic E-state index is 0.0289. The molecule has 2 amide bonds. The largest absolute Gasteiger partial charge is 0.446 e. The van der Waals surface area contributed by atoms with E-state index >= 15 is 0 Å². The molecule has 0 aliphatic carbocycles. The molecule has 0 aromatic heterocycles. The number of aliphatic imine (C=N–C) groups is 1. The summed E-state index contributed by atoms with van der Waals surface area (Å²) < 4.78 is 5.80. The van der Waals surface area contributed by atoms with Crippen molar-refractivity contribution < 1.29 is 14.3 Å². The van der Waals surface area contributed by atoms with E-state index in [-0.39, 0.29) is 11.8 Å². The van der Waals surface area contributed by atoms with Gasteiger partial charge in [-0.2, -0.15) is 4.99 Å². The summed E-state index contributed by atoms with van der Waals surface area (Å²) in [7, 11) is 0. The van der Waals surface area contributed by atoms with E-state index in [2.05, 4.69) is 4.99 Å². The van der Waals surface area contributed by atoms with Crippen molar-refractivity contribution in [3.05, 3.63) is 70.7 Å². The highest BCUT2D eigenvalue weighted by molar-refractivity contribution is 6.30. The third-order valence-corrected chi connectivity index (χ3v) is 4.94. The Morgan fingerprint density at radius 3 is 2.33 bits per heavy atom. The fourth-order valence-corrected chi connectivity index (χ4v) is 3.32. The van der Waals surface area contributed by atoms with Gasteiger partial charge in [-0.3, -0.25) is 9.59 Å². The van der Waals surface area contributed by atoms with Gasteiger partial charge in [0.25, 0.3) is 17.8 Å². The average molecular weight is 384 g/mol. The summed E-state index contributed by atoms with van der Waals surface area (Å²) in [6.45, 7) is 2.20. The van der Waals surface area contributed by atoms with Crippen molar-refractivity contribution in [2.75, 3.05) is 26.2 Å². The lowest BCUT2D eigenvalue weighted by atomic mass is 10.1. The number of rotatable bonds is 2. The van der Waals surface area contributed by atoms with Crippen LogP contribution in [-0.4, -0.2) is 53.8 Å². The molecule has 0 N–H and O–H groups in total. The highest BCUT2D eigenvalue weighted by Crippen LogP contribution is 2.25. The Morgan fingerprint density at radius 1 is 1.00 bits per heavy atom. The van der Waals surface area contributed by atoms with E-state index in [1.54, 1.807) is 29.2 Å². The van der Waals surface area contributed by atoms with Crippen LogP contribution in [0.1, 0.15) is 22.0 Å². The number of amides is 2. The second kappa shape index (κ2) is 7.40. The molecular weight excluding hydrogens is 366 g/mol. The molecule has 0 spiro atoms. The summed E-state index contributed by atoms with van der Waals surface area (Å²) in [6.07, 6.45) is -0.685. The van der Waals surface area contributed by atoms with Crippen molar-refractivity contribution in [1.29, 1.82) is 0 Å². The first-order valence-electron chi connectivity index (χ1n) is 8.76. The second-order valence-corrected chi connectivity index (χ2v) is 6.86. The number of hydrogen-bond acceptors (Lipinski definition) is 4. The number of hydrogen-bond donors (Lipinski definition) is 0. The van der Waals surface area contributed by atoms with Crippen LogP contribution in [0, 0.1) is 0 Å². The third-order valence-electron chi connectivity index (χ3n) is 4.68. The number of carbonyl (C=O) groups excluding carboxylic acids is 2. The Labute approximate surface area is 162 Å². The van der Waals surface area contributed by atoms with E-state index in [4.69, 9.17) is 16.3 Å². The molecule has 27 heavy (non-hydrogen) atoms. The molecule has 4 rings (SSSR count). The van der Waals surface area contributed by atoms with Crippen molar-refractivity contribution in [3.63, 3.8) is 0 Å². The molecule has 1 fully saturated rings. The number of carbonyl (C=O) groups is 2. The highest BCUT2D eigenvalue weighted by Gasteiger charge is 2.35. The Balaban J connectivity index is 1.37. The van der Waals surface area contributed by atoms with Gasteiger partial charge in [-0.1, -0.05) is 41.9 Å². The van der Waals surface area contributed by atoms with Crippen molar-refractivity contribution in [2.24, 2.45) is 4.99 Å². The smallest absolute Gasteiger partial charge is 0.296 e. The molecule has 2 aliphatic heterocycles. The molecule has 7 heteroatoms. The minimum Gasteiger partial charge on any atom is -0.446 e. The summed E-state index contributed by atoms with van der Waals surface area (Å²) in [6, 6.07) is 16.5. The summed E-state index contributed by atoms with van der Waals surface area (Å²) in [5, 5.41) is 0.602. The first kappa shape index (κ1) is 17.5. The number of benzene rings is 2. The van der Waals surface area contributed by atoms with Crippen LogP contribution in [0.3, 0.4) is 0 Å². The maximum atomic E-state index is 12.6. The van der Waals surface area contributed by atoms with Crippen molar-refractivity contribution >= 4 is 29.4 Å². The Morgan fingerprint density at radius 2 is 1.67 bits per heavy atom. The van der Waals surface area contributed by atoms with Gasteiger partial charge in [0.15, 0.2) is 0 Å². The second-order valence-electron chi connectivity index (χ2n) is 6.43. The molecule has 2 heterocycles. The molecule has 2 aromatic rings. The molecule has 1 saturated heterocycles. The summed E-state index contributed by atoms with van der Waals surface area (Å²) in [5.74, 6) is -0.324. The maximum absolute atomic E-state index is 12.6. The van der Waals surface area contributed by atoms with Gasteiger partial charge >= 0.3 is 0 Å². The summed E-state index contributed by atoms with van der Waals surface area (Å²) in [4.78, 5) is 32.5. The van der Waals surface area contributed by atoms with Crippen LogP contribution < -0.4 is 0 Å². The topological polar surface area (TPSA) is 62.2 Å². The SMILES string of the molecule is O=C1N=C(N2CCN(C(=O)c3ccc(Cl)cc3)CC2)OC1c1ccccc1. The minimum atomic E-state index is -0.685. The van der Waals surface area contributed by atoms with Crippen LogP contribution in [0.25, 0.3) is 0 Å². The molecular formula is C20H18ClN3O3. The average Bonchev–Trinajstić information content (AvgIpc) is 3.10. The number of nitrogens with zero attached hydrogens (tertiary/aromatic N) is 3. The molecule has 1 unspecified atom stereocenters. The fraction of sp³-hybridized carbons (Fsp3) is 0.250. The van der Waals surface area contributed by atoms with Gasteiger partial charge in [-0.05, 0) is 24.3 Å². The van der Waals surface area contributed by atoms with E-state index in [9.17, 15) is 9.59 Å². The summed E-state index contributed by atoms with van der Waals surface area (Å²) in [5.41, 5.74) is 1.40. The van der Waals surface area contributed by atoms with Crippen LogP contribution in [0.15, 0.2) is 59.6 Å². The number of amidine groups is 1. The zero-order valence-electron chi connectivity index (χ0n) is 14.5.